The minimum atomic E-state index is -1.01. The first kappa shape index (κ1) is 22.4. The number of benzene rings is 2. The highest BCUT2D eigenvalue weighted by Gasteiger charge is 2.48. The maximum atomic E-state index is 13.3. The van der Waals surface area contributed by atoms with E-state index in [2.05, 4.69) is 9.97 Å². The van der Waals surface area contributed by atoms with E-state index in [0.29, 0.717) is 22.4 Å². The van der Waals surface area contributed by atoms with Crippen LogP contribution in [0.1, 0.15) is 17.2 Å². The fourth-order valence-electron chi connectivity index (χ4n) is 4.00. The van der Waals surface area contributed by atoms with Gasteiger partial charge in [-0.2, -0.15) is 0 Å². The van der Waals surface area contributed by atoms with Crippen LogP contribution in [0.5, 0.6) is 17.2 Å². The predicted octanol–water partition coefficient (Wildman–Crippen LogP) is 4.04. The van der Waals surface area contributed by atoms with Crippen LogP contribution in [0.4, 0.5) is 5.13 Å². The third-order valence-electron chi connectivity index (χ3n) is 5.71. The maximum absolute atomic E-state index is 13.3. The average molecular weight is 490 g/mol. The van der Waals surface area contributed by atoms with E-state index in [1.165, 1.54) is 47.9 Å². The molecule has 176 valence electrons. The molecule has 3 heterocycles. The van der Waals surface area contributed by atoms with Crippen molar-refractivity contribution < 1.29 is 29.3 Å². The lowest BCUT2D eigenvalue weighted by Crippen LogP contribution is -2.29. The van der Waals surface area contributed by atoms with Crippen molar-refractivity contribution >= 4 is 44.1 Å². The molecule has 0 bridgehead atoms. The Morgan fingerprint density at radius 1 is 1.03 bits per heavy atom. The molecule has 0 spiro atoms. The van der Waals surface area contributed by atoms with E-state index in [4.69, 9.17) is 9.47 Å². The SMILES string of the molecule is COc1ccc2nc(N3C(=O)C(=O)/C(=C(/O)c4ccncc4)C3c3ccc(O)c(OC)c3)sc2c1. The van der Waals surface area contributed by atoms with Crippen LogP contribution in [0, 0.1) is 0 Å². The van der Waals surface area contributed by atoms with Crippen molar-refractivity contribution in [3.8, 4) is 17.2 Å². The van der Waals surface area contributed by atoms with Gasteiger partial charge in [0.05, 0.1) is 36.1 Å². The summed E-state index contributed by atoms with van der Waals surface area (Å²) in [6.45, 7) is 0. The number of methoxy groups -OCH3 is 2. The van der Waals surface area contributed by atoms with Crippen molar-refractivity contribution in [2.45, 2.75) is 6.04 Å². The third kappa shape index (κ3) is 3.73. The van der Waals surface area contributed by atoms with Gasteiger partial charge in [-0.3, -0.25) is 19.5 Å². The Hall–Kier alpha value is -4.44. The minimum absolute atomic E-state index is 0.102. The third-order valence-corrected chi connectivity index (χ3v) is 6.73. The van der Waals surface area contributed by atoms with Gasteiger partial charge in [-0.15, -0.1) is 0 Å². The number of aromatic nitrogens is 2. The zero-order valence-corrected chi connectivity index (χ0v) is 19.4. The number of hydrogen-bond donors (Lipinski definition) is 2. The van der Waals surface area contributed by atoms with Crippen LogP contribution in [0.3, 0.4) is 0 Å². The summed E-state index contributed by atoms with van der Waals surface area (Å²) in [6.07, 6.45) is 2.95. The van der Waals surface area contributed by atoms with Crippen molar-refractivity contribution in [3.05, 3.63) is 77.6 Å². The zero-order chi connectivity index (χ0) is 24.7. The summed E-state index contributed by atoms with van der Waals surface area (Å²) < 4.78 is 11.3. The first-order valence-corrected chi connectivity index (χ1v) is 11.3. The van der Waals surface area contributed by atoms with Gasteiger partial charge < -0.3 is 19.7 Å². The van der Waals surface area contributed by atoms with Gasteiger partial charge in [-0.05, 0) is 48.0 Å². The lowest BCUT2D eigenvalue weighted by atomic mass is 9.95. The number of thiazole rings is 1. The number of amides is 1. The maximum Gasteiger partial charge on any atom is 0.301 e. The minimum Gasteiger partial charge on any atom is -0.507 e. The number of carbonyl (C=O) groups excluding carboxylic acids is 2. The van der Waals surface area contributed by atoms with Gasteiger partial charge in [0.1, 0.15) is 11.5 Å². The molecule has 1 unspecified atom stereocenters. The Morgan fingerprint density at radius 3 is 2.51 bits per heavy atom. The number of aromatic hydroxyl groups is 1. The number of phenols is 1. The Kier molecular flexibility index (Phi) is 5.58. The van der Waals surface area contributed by atoms with Crippen molar-refractivity contribution in [2.24, 2.45) is 0 Å². The molecule has 2 aromatic carbocycles. The van der Waals surface area contributed by atoms with Crippen molar-refractivity contribution in [1.82, 2.24) is 9.97 Å². The highest BCUT2D eigenvalue weighted by Crippen LogP contribution is 2.45. The molecule has 1 saturated heterocycles. The monoisotopic (exact) mass is 489 g/mol. The van der Waals surface area contributed by atoms with Crippen LogP contribution in [-0.2, 0) is 9.59 Å². The number of anilines is 1. The van der Waals surface area contributed by atoms with Gasteiger partial charge in [-0.25, -0.2) is 4.98 Å². The van der Waals surface area contributed by atoms with Gasteiger partial charge in [0, 0.05) is 18.0 Å². The highest BCUT2D eigenvalue weighted by atomic mass is 32.1. The molecule has 1 fully saturated rings. The van der Waals surface area contributed by atoms with E-state index in [0.717, 1.165) is 4.70 Å². The van der Waals surface area contributed by atoms with Crippen molar-refractivity contribution in [2.75, 3.05) is 19.1 Å². The highest BCUT2D eigenvalue weighted by molar-refractivity contribution is 7.22. The number of pyridine rings is 1. The smallest absolute Gasteiger partial charge is 0.301 e. The van der Waals surface area contributed by atoms with Crippen LogP contribution in [0.15, 0.2) is 66.5 Å². The largest absolute Gasteiger partial charge is 0.507 e. The van der Waals surface area contributed by atoms with Gasteiger partial charge >= 0.3 is 5.91 Å². The van der Waals surface area contributed by atoms with Crippen molar-refractivity contribution in [3.63, 3.8) is 0 Å². The van der Waals surface area contributed by atoms with Gasteiger partial charge in [0.15, 0.2) is 16.6 Å². The predicted molar refractivity (Wildman–Crippen MR) is 130 cm³/mol. The number of phenolic OH excluding ortho intramolecular Hbond substituents is 1. The number of hydrogen-bond acceptors (Lipinski definition) is 9. The fourth-order valence-corrected chi connectivity index (χ4v) is 5.02. The molecule has 1 amide bonds. The zero-order valence-electron chi connectivity index (χ0n) is 18.6. The van der Waals surface area contributed by atoms with E-state index >= 15 is 0 Å². The van der Waals surface area contributed by atoms with E-state index in [1.54, 1.807) is 43.5 Å². The summed E-state index contributed by atoms with van der Waals surface area (Å²) in [5.41, 5.74) is 1.31. The fraction of sp³-hybridized carbons (Fsp3) is 0.120. The van der Waals surface area contributed by atoms with Crippen LogP contribution in [-0.4, -0.2) is 46.1 Å². The second kappa shape index (κ2) is 8.73. The number of nitrogens with zero attached hydrogens (tertiary/aromatic N) is 3. The number of rotatable bonds is 5. The molecule has 1 aliphatic heterocycles. The van der Waals surface area contributed by atoms with E-state index < -0.39 is 17.7 Å². The van der Waals surface area contributed by atoms with Crippen LogP contribution < -0.4 is 14.4 Å². The summed E-state index contributed by atoms with van der Waals surface area (Å²) in [6, 6.07) is 11.9. The van der Waals surface area contributed by atoms with Gasteiger partial charge in [0.2, 0.25) is 0 Å². The Balaban J connectivity index is 1.74. The topological polar surface area (TPSA) is 122 Å². The molecule has 9 nitrogen and oxygen atoms in total. The molecule has 1 aliphatic rings. The number of carbonyl (C=O) groups is 2. The number of aliphatic hydroxyl groups is 1. The summed E-state index contributed by atoms with van der Waals surface area (Å²) in [5, 5.41) is 21.5. The molecular formula is C25H19N3O6S. The number of Topliss-reactive ketones (excluding diaryl/α,β-unsaturated/α-hetero) is 1. The molecule has 4 aromatic rings. The van der Waals surface area contributed by atoms with Gasteiger partial charge in [-0.1, -0.05) is 17.4 Å². The summed E-state index contributed by atoms with van der Waals surface area (Å²) in [5.74, 6) is -1.34. The molecule has 2 aromatic heterocycles. The Morgan fingerprint density at radius 2 is 1.80 bits per heavy atom. The summed E-state index contributed by atoms with van der Waals surface area (Å²) in [4.78, 5) is 36.4. The molecule has 35 heavy (non-hydrogen) atoms. The standard InChI is InChI=1S/C25H19N3O6S/c1-33-15-4-5-16-19(12-15)35-25(27-16)28-21(14-3-6-17(29)18(11-14)34-2)20(23(31)24(28)32)22(30)13-7-9-26-10-8-13/h3-12,21,29-30H,1-2H3/b22-20+. The molecule has 0 aliphatic carbocycles. The summed E-state index contributed by atoms with van der Waals surface area (Å²) >= 11 is 1.22. The van der Waals surface area contributed by atoms with Crippen LogP contribution in [0.2, 0.25) is 0 Å². The molecule has 0 radical (unpaired) electrons. The van der Waals surface area contributed by atoms with E-state index in [1.807, 2.05) is 0 Å². The molecule has 0 saturated carbocycles. The van der Waals surface area contributed by atoms with Crippen LogP contribution >= 0.6 is 11.3 Å². The molecule has 2 N–H and O–H groups in total. The Labute approximate surface area is 203 Å². The van der Waals surface area contributed by atoms with E-state index in [9.17, 15) is 19.8 Å². The average Bonchev–Trinajstić information content (AvgIpc) is 3.42. The molecule has 1 atom stereocenters. The molecular weight excluding hydrogens is 470 g/mol. The second-order valence-corrected chi connectivity index (χ2v) is 8.68. The molecule has 10 heteroatoms. The lowest BCUT2D eigenvalue weighted by Gasteiger charge is -2.23. The number of aliphatic hydroxyl groups excluding tert-OH is 1. The number of fused-ring (bicyclic) bond motifs is 1. The second-order valence-electron chi connectivity index (χ2n) is 7.67. The van der Waals surface area contributed by atoms with Crippen molar-refractivity contribution in [1.29, 1.82) is 0 Å². The molecule has 5 rings (SSSR count). The first-order chi connectivity index (χ1) is 16.9. The Bertz CT molecular complexity index is 1500. The van der Waals surface area contributed by atoms with Gasteiger partial charge in [0.25, 0.3) is 5.78 Å². The quantitative estimate of drug-likeness (QED) is 0.245. The normalized spacial score (nSPS) is 17.2. The first-order valence-electron chi connectivity index (χ1n) is 10.5. The van der Waals surface area contributed by atoms with E-state index in [-0.39, 0.29) is 28.0 Å². The number of ketones is 1. The number of ether oxygens (including phenoxy) is 2. The lowest BCUT2D eigenvalue weighted by molar-refractivity contribution is -0.132. The summed E-state index contributed by atoms with van der Waals surface area (Å²) in [7, 11) is 2.95. The van der Waals surface area contributed by atoms with Crippen LogP contribution in [0.25, 0.3) is 16.0 Å².